The number of carboxylic acids is 1. The van der Waals surface area contributed by atoms with Crippen LogP contribution in [-0.4, -0.2) is 33.2 Å². The van der Waals surface area contributed by atoms with E-state index in [1.54, 1.807) is 6.07 Å². The van der Waals surface area contributed by atoms with Crippen molar-refractivity contribution in [3.63, 3.8) is 0 Å². The maximum Gasteiger partial charge on any atom is 0.354 e. The summed E-state index contributed by atoms with van der Waals surface area (Å²) in [6, 6.07) is 27.4. The SMILES string of the molecule is CCOC(=O)c1cc2ccccc2n1Cc1ccc(C)cc1.O=C(O)c1cc2ccccc2[nH]1. The van der Waals surface area contributed by atoms with E-state index in [0.717, 1.165) is 27.4 Å². The van der Waals surface area contributed by atoms with Crippen molar-refractivity contribution in [2.24, 2.45) is 0 Å². The molecule has 2 N–H and O–H groups in total. The number of H-pyrrole nitrogens is 1. The number of fused-ring (bicyclic) bond motifs is 2. The molecule has 0 saturated carbocycles. The van der Waals surface area contributed by atoms with E-state index >= 15 is 0 Å². The molecule has 0 saturated heterocycles. The minimum Gasteiger partial charge on any atom is -0.477 e. The molecule has 0 amide bonds. The molecule has 2 aromatic heterocycles. The first-order chi connectivity index (χ1) is 16.5. The Hall–Kier alpha value is -4.32. The van der Waals surface area contributed by atoms with Gasteiger partial charge in [0.25, 0.3) is 0 Å². The number of aryl methyl sites for hydroxylation is 1. The lowest BCUT2D eigenvalue weighted by molar-refractivity contribution is 0.0514. The largest absolute Gasteiger partial charge is 0.477 e. The highest BCUT2D eigenvalue weighted by Gasteiger charge is 2.16. The number of rotatable bonds is 5. The number of para-hydroxylation sites is 2. The number of carboxylic acid groups (broad SMARTS) is 1. The maximum atomic E-state index is 12.2. The van der Waals surface area contributed by atoms with E-state index in [-0.39, 0.29) is 11.7 Å². The third-order valence-corrected chi connectivity index (χ3v) is 5.52. The molecule has 34 heavy (non-hydrogen) atoms. The highest BCUT2D eigenvalue weighted by molar-refractivity contribution is 5.96. The van der Waals surface area contributed by atoms with Crippen LogP contribution in [-0.2, 0) is 11.3 Å². The zero-order valence-electron chi connectivity index (χ0n) is 19.1. The Morgan fingerprint density at radius 3 is 2.26 bits per heavy atom. The summed E-state index contributed by atoms with van der Waals surface area (Å²) in [5.41, 5.74) is 5.13. The van der Waals surface area contributed by atoms with Crippen LogP contribution in [0.3, 0.4) is 0 Å². The van der Waals surface area contributed by atoms with Crippen molar-refractivity contribution < 1.29 is 19.4 Å². The highest BCUT2D eigenvalue weighted by atomic mass is 16.5. The number of nitrogens with zero attached hydrogens (tertiary/aromatic N) is 1. The predicted octanol–water partition coefficient (Wildman–Crippen LogP) is 6.04. The highest BCUT2D eigenvalue weighted by Crippen LogP contribution is 2.22. The van der Waals surface area contributed by atoms with E-state index < -0.39 is 5.97 Å². The molecule has 5 rings (SSSR count). The van der Waals surface area contributed by atoms with Crippen LogP contribution < -0.4 is 0 Å². The fourth-order valence-electron chi connectivity index (χ4n) is 3.82. The van der Waals surface area contributed by atoms with Crippen LogP contribution in [0.25, 0.3) is 21.8 Å². The summed E-state index contributed by atoms with van der Waals surface area (Å²) >= 11 is 0. The number of hydrogen-bond acceptors (Lipinski definition) is 3. The van der Waals surface area contributed by atoms with Crippen LogP contribution in [0, 0.1) is 6.92 Å². The monoisotopic (exact) mass is 454 g/mol. The molecule has 0 radical (unpaired) electrons. The Kier molecular flexibility index (Phi) is 6.78. The van der Waals surface area contributed by atoms with Crippen molar-refractivity contribution in [1.82, 2.24) is 9.55 Å². The molecule has 0 aliphatic heterocycles. The van der Waals surface area contributed by atoms with Gasteiger partial charge in [-0.15, -0.1) is 0 Å². The zero-order valence-corrected chi connectivity index (χ0v) is 19.1. The molecule has 172 valence electrons. The summed E-state index contributed by atoms with van der Waals surface area (Å²) < 4.78 is 7.22. The van der Waals surface area contributed by atoms with E-state index in [1.165, 1.54) is 5.56 Å². The molecule has 0 aliphatic carbocycles. The van der Waals surface area contributed by atoms with E-state index in [0.29, 0.717) is 18.8 Å². The number of nitrogens with one attached hydrogen (secondary N) is 1. The maximum absolute atomic E-state index is 12.2. The summed E-state index contributed by atoms with van der Waals surface area (Å²) in [4.78, 5) is 25.6. The van der Waals surface area contributed by atoms with E-state index in [9.17, 15) is 9.59 Å². The lowest BCUT2D eigenvalue weighted by Gasteiger charge is -2.10. The Morgan fingerprint density at radius 1 is 0.912 bits per heavy atom. The smallest absolute Gasteiger partial charge is 0.354 e. The number of benzene rings is 3. The van der Waals surface area contributed by atoms with Gasteiger partial charge >= 0.3 is 11.9 Å². The molecule has 0 unspecified atom stereocenters. The number of aromatic amines is 1. The van der Waals surface area contributed by atoms with Crippen molar-refractivity contribution in [3.05, 3.63) is 107 Å². The van der Waals surface area contributed by atoms with Gasteiger partial charge in [-0.3, -0.25) is 0 Å². The molecule has 0 atom stereocenters. The molecular formula is C28H26N2O4. The van der Waals surface area contributed by atoms with Crippen LogP contribution >= 0.6 is 0 Å². The number of ether oxygens (including phenoxy) is 1. The normalized spacial score (nSPS) is 10.6. The molecule has 0 bridgehead atoms. The summed E-state index contributed by atoms with van der Waals surface area (Å²) in [5, 5.41) is 10.6. The molecule has 0 spiro atoms. The molecule has 0 aliphatic rings. The second kappa shape index (κ2) is 10.1. The molecule has 6 nitrogen and oxygen atoms in total. The van der Waals surface area contributed by atoms with Crippen LogP contribution in [0.15, 0.2) is 84.9 Å². The third-order valence-electron chi connectivity index (χ3n) is 5.52. The molecule has 3 aromatic carbocycles. The number of aromatic nitrogens is 2. The number of hydrogen-bond donors (Lipinski definition) is 2. The van der Waals surface area contributed by atoms with Gasteiger partial charge in [0.1, 0.15) is 11.4 Å². The van der Waals surface area contributed by atoms with Gasteiger partial charge in [0, 0.05) is 28.4 Å². The topological polar surface area (TPSA) is 84.3 Å². The quantitative estimate of drug-likeness (QED) is 0.317. The van der Waals surface area contributed by atoms with Crippen LogP contribution in [0.2, 0.25) is 0 Å². The van der Waals surface area contributed by atoms with Crippen molar-refractivity contribution in [3.8, 4) is 0 Å². The molecule has 0 fully saturated rings. The van der Waals surface area contributed by atoms with E-state index in [2.05, 4.69) is 36.2 Å². The summed E-state index contributed by atoms with van der Waals surface area (Å²) in [6.45, 7) is 4.93. The number of aromatic carboxylic acids is 1. The standard InChI is InChI=1S/C19H19NO2.C9H7NO2/c1-3-22-19(21)18-12-16-6-4-5-7-17(16)20(18)13-15-10-8-14(2)9-11-15;11-9(12)8-5-6-3-1-2-4-7(6)10-8/h4-12H,3,13H2,1-2H3;1-5,10H,(H,11,12). The average molecular weight is 455 g/mol. The minimum atomic E-state index is -0.925. The lowest BCUT2D eigenvalue weighted by atomic mass is 10.1. The van der Waals surface area contributed by atoms with Crippen molar-refractivity contribution >= 4 is 33.7 Å². The van der Waals surface area contributed by atoms with Gasteiger partial charge in [-0.25, -0.2) is 9.59 Å². The van der Waals surface area contributed by atoms with Gasteiger partial charge in [-0.2, -0.15) is 0 Å². The van der Waals surface area contributed by atoms with Crippen LogP contribution in [0.4, 0.5) is 0 Å². The van der Waals surface area contributed by atoms with Gasteiger partial charge in [0.2, 0.25) is 0 Å². The predicted molar refractivity (Wildman–Crippen MR) is 133 cm³/mol. The van der Waals surface area contributed by atoms with Crippen molar-refractivity contribution in [2.45, 2.75) is 20.4 Å². The molecular weight excluding hydrogens is 428 g/mol. The molecule has 5 aromatic rings. The zero-order chi connectivity index (χ0) is 24.1. The van der Waals surface area contributed by atoms with Crippen LogP contribution in [0.1, 0.15) is 39.0 Å². The van der Waals surface area contributed by atoms with Crippen molar-refractivity contribution in [2.75, 3.05) is 6.61 Å². The van der Waals surface area contributed by atoms with Crippen LogP contribution in [0.5, 0.6) is 0 Å². The Labute approximate surface area is 197 Å². The average Bonchev–Trinajstić information content (AvgIpc) is 3.43. The lowest BCUT2D eigenvalue weighted by Crippen LogP contribution is -2.12. The number of esters is 1. The Morgan fingerprint density at radius 2 is 1.59 bits per heavy atom. The van der Waals surface area contributed by atoms with Gasteiger partial charge in [-0.05, 0) is 43.7 Å². The summed E-state index contributed by atoms with van der Waals surface area (Å²) in [6.07, 6.45) is 0. The van der Waals surface area contributed by atoms with Crippen molar-refractivity contribution in [1.29, 1.82) is 0 Å². The van der Waals surface area contributed by atoms with Gasteiger partial charge < -0.3 is 19.4 Å². The first-order valence-corrected chi connectivity index (χ1v) is 11.1. The summed E-state index contributed by atoms with van der Waals surface area (Å²) in [5.74, 6) is -1.20. The van der Waals surface area contributed by atoms with Gasteiger partial charge in [0.05, 0.1) is 6.61 Å². The molecule has 6 heteroatoms. The summed E-state index contributed by atoms with van der Waals surface area (Å²) in [7, 11) is 0. The minimum absolute atomic E-state index is 0.233. The Bertz CT molecular complexity index is 1410. The van der Waals surface area contributed by atoms with E-state index in [1.807, 2.05) is 66.1 Å². The first-order valence-electron chi connectivity index (χ1n) is 11.1. The second-order valence-corrected chi connectivity index (χ2v) is 7.96. The van der Waals surface area contributed by atoms with E-state index in [4.69, 9.17) is 9.84 Å². The fraction of sp³-hybridized carbons (Fsp3) is 0.143. The first kappa shape index (κ1) is 22.9. The molecule has 2 heterocycles. The number of carbonyl (C=O) groups is 2. The Balaban J connectivity index is 0.000000192. The second-order valence-electron chi connectivity index (χ2n) is 7.96. The van der Waals surface area contributed by atoms with Gasteiger partial charge in [-0.1, -0.05) is 66.2 Å². The third kappa shape index (κ3) is 5.02. The van der Waals surface area contributed by atoms with Gasteiger partial charge in [0.15, 0.2) is 0 Å². The number of carbonyl (C=O) groups excluding carboxylic acids is 1. The fourth-order valence-corrected chi connectivity index (χ4v) is 3.82.